The fraction of sp³-hybridized carbons (Fsp3) is 0.381. The first-order chi connectivity index (χ1) is 12.2. The van der Waals surface area contributed by atoms with Crippen molar-refractivity contribution in [1.29, 1.82) is 0 Å². The average Bonchev–Trinajstić information content (AvgIpc) is 3.05. The van der Waals surface area contributed by atoms with Gasteiger partial charge in [-0.1, -0.05) is 24.8 Å². The number of likely N-dealkylation sites (tertiary alicyclic amines) is 1. The van der Waals surface area contributed by atoms with E-state index < -0.39 is 0 Å². The van der Waals surface area contributed by atoms with E-state index in [2.05, 4.69) is 52.4 Å². The van der Waals surface area contributed by atoms with Crippen molar-refractivity contribution in [2.75, 3.05) is 19.6 Å². The summed E-state index contributed by atoms with van der Waals surface area (Å²) in [5.41, 5.74) is 4.05. The van der Waals surface area contributed by atoms with E-state index in [1.807, 2.05) is 6.08 Å². The van der Waals surface area contributed by atoms with Gasteiger partial charge in [0.2, 0.25) is 0 Å². The molecule has 0 amide bonds. The van der Waals surface area contributed by atoms with Crippen LogP contribution in [0.15, 0.2) is 49.7 Å². The maximum Gasteiger partial charge on any atom is 0.336 e. The Hall–Kier alpha value is -2.33. The zero-order chi connectivity index (χ0) is 17.4. The topological polar surface area (TPSA) is 53.2 Å². The predicted molar refractivity (Wildman–Crippen MR) is 102 cm³/mol. The smallest absolute Gasteiger partial charge is 0.336 e. The van der Waals surface area contributed by atoms with Crippen LogP contribution in [0.5, 0.6) is 0 Å². The van der Waals surface area contributed by atoms with Crippen molar-refractivity contribution in [1.82, 2.24) is 9.88 Å². The van der Waals surface area contributed by atoms with Gasteiger partial charge in [0.15, 0.2) is 6.54 Å². The molecule has 1 aliphatic carbocycles. The molecule has 2 aromatic rings. The van der Waals surface area contributed by atoms with Crippen LogP contribution in [0.25, 0.3) is 10.9 Å². The number of aromatic amines is 1. The number of hydrogen-bond donors (Lipinski definition) is 3. The first-order valence-electron chi connectivity index (χ1n) is 9.07. The van der Waals surface area contributed by atoms with Crippen LogP contribution in [0.1, 0.15) is 23.5 Å². The van der Waals surface area contributed by atoms with Gasteiger partial charge in [-0.3, -0.25) is 4.90 Å². The summed E-state index contributed by atoms with van der Waals surface area (Å²) >= 11 is 0. The summed E-state index contributed by atoms with van der Waals surface area (Å²) in [6, 6.07) is 7.02. The van der Waals surface area contributed by atoms with Gasteiger partial charge in [0.1, 0.15) is 0 Å². The molecule has 0 spiro atoms. The van der Waals surface area contributed by atoms with Crippen LogP contribution in [0.3, 0.4) is 0 Å². The van der Waals surface area contributed by atoms with Gasteiger partial charge >= 0.3 is 5.90 Å². The van der Waals surface area contributed by atoms with E-state index >= 15 is 0 Å². The Balaban J connectivity index is 1.74. The second-order valence-corrected chi connectivity index (χ2v) is 7.19. The molecule has 4 heteroatoms. The third-order valence-corrected chi connectivity index (χ3v) is 5.75. The number of aliphatic hydroxyl groups excluding tert-OH is 1. The SMILES string of the molecule is C=CC[NH+]=C(O)[C@@H]1C[C@@H]2c3cccc4[nH]cc(c34)C[C@H]2N(CC=C)C1. The monoisotopic (exact) mass is 336 g/mol. The van der Waals surface area contributed by atoms with Crippen LogP contribution in [0, 0.1) is 5.92 Å². The highest BCUT2D eigenvalue weighted by atomic mass is 16.3. The molecule has 25 heavy (non-hydrogen) atoms. The lowest BCUT2D eigenvalue weighted by Gasteiger charge is -2.45. The molecule has 3 atom stereocenters. The summed E-state index contributed by atoms with van der Waals surface area (Å²) in [5, 5.41) is 11.9. The molecule has 1 fully saturated rings. The summed E-state index contributed by atoms with van der Waals surface area (Å²) in [7, 11) is 0. The summed E-state index contributed by atoms with van der Waals surface area (Å²) in [6.07, 6.45) is 7.94. The molecular formula is C21H26N3O+. The standard InChI is InChI=1S/C21H25N3O/c1-3-8-22-21(25)15-10-17-16-6-5-7-18-20(16)14(12-23-18)11-19(17)24(13-15)9-4-2/h3-7,12,15,17,19,23H,1-2,8-11,13H2,(H,22,25)/p+1/t15-,17-,19-/m1/s1. The predicted octanol–water partition coefficient (Wildman–Crippen LogP) is 1.91. The summed E-state index contributed by atoms with van der Waals surface area (Å²) in [4.78, 5) is 8.99. The van der Waals surface area contributed by atoms with Gasteiger partial charge in [-0.15, -0.1) is 6.58 Å². The fourth-order valence-electron chi connectivity index (χ4n) is 4.69. The van der Waals surface area contributed by atoms with Crippen molar-refractivity contribution in [3.05, 3.63) is 60.8 Å². The number of aromatic nitrogens is 1. The molecule has 4 nitrogen and oxygen atoms in total. The number of aliphatic hydroxyl groups is 1. The van der Waals surface area contributed by atoms with Crippen LogP contribution < -0.4 is 4.99 Å². The first kappa shape index (κ1) is 16.2. The number of nitrogens with one attached hydrogen (secondary N) is 2. The van der Waals surface area contributed by atoms with Crippen LogP contribution >= 0.6 is 0 Å². The van der Waals surface area contributed by atoms with E-state index in [-0.39, 0.29) is 5.92 Å². The van der Waals surface area contributed by atoms with Crippen LogP contribution in [-0.2, 0) is 6.42 Å². The molecule has 1 aliphatic heterocycles. The second kappa shape index (κ2) is 6.52. The van der Waals surface area contributed by atoms with E-state index in [0.717, 1.165) is 25.9 Å². The normalized spacial score (nSPS) is 26.4. The third-order valence-electron chi connectivity index (χ3n) is 5.75. The largest absolute Gasteiger partial charge is 0.463 e. The van der Waals surface area contributed by atoms with Gasteiger partial charge in [-0.2, -0.15) is 0 Å². The van der Waals surface area contributed by atoms with Gasteiger partial charge in [-0.25, -0.2) is 4.99 Å². The van der Waals surface area contributed by atoms with Crippen molar-refractivity contribution in [3.63, 3.8) is 0 Å². The maximum absolute atomic E-state index is 10.5. The minimum atomic E-state index is 0.122. The molecule has 1 aromatic heterocycles. The zero-order valence-electron chi connectivity index (χ0n) is 14.5. The number of piperidine rings is 1. The van der Waals surface area contributed by atoms with Crippen molar-refractivity contribution < 1.29 is 10.1 Å². The highest BCUT2D eigenvalue weighted by Crippen LogP contribution is 2.44. The minimum Gasteiger partial charge on any atom is -0.463 e. The molecule has 130 valence electrons. The van der Waals surface area contributed by atoms with Crippen LogP contribution in [-0.4, -0.2) is 46.6 Å². The van der Waals surface area contributed by atoms with Crippen molar-refractivity contribution in [3.8, 4) is 0 Å². The van der Waals surface area contributed by atoms with Crippen LogP contribution in [0.2, 0.25) is 0 Å². The Labute approximate surface area is 148 Å². The van der Waals surface area contributed by atoms with Gasteiger partial charge in [0.25, 0.3) is 0 Å². The fourth-order valence-corrected chi connectivity index (χ4v) is 4.69. The number of rotatable bonds is 5. The second-order valence-electron chi connectivity index (χ2n) is 7.19. The maximum atomic E-state index is 10.5. The zero-order valence-corrected chi connectivity index (χ0v) is 14.5. The van der Waals surface area contributed by atoms with Crippen molar-refractivity contribution in [2.45, 2.75) is 24.8 Å². The van der Waals surface area contributed by atoms with Crippen LogP contribution in [0.4, 0.5) is 0 Å². The molecule has 0 saturated carbocycles. The summed E-state index contributed by atoms with van der Waals surface area (Å²) < 4.78 is 0. The molecule has 0 unspecified atom stereocenters. The lowest BCUT2D eigenvalue weighted by molar-refractivity contribution is -0.457. The minimum absolute atomic E-state index is 0.122. The van der Waals surface area contributed by atoms with Crippen molar-refractivity contribution in [2.24, 2.45) is 5.92 Å². The number of fused-ring (bicyclic) bond motifs is 2. The van der Waals surface area contributed by atoms with E-state index in [4.69, 9.17) is 0 Å². The Morgan fingerprint density at radius 3 is 3.04 bits per heavy atom. The third kappa shape index (κ3) is 2.71. The van der Waals surface area contributed by atoms with E-state index in [9.17, 15) is 5.11 Å². The molecule has 2 heterocycles. The number of hydrogen-bond acceptors (Lipinski definition) is 1. The van der Waals surface area contributed by atoms with E-state index in [1.54, 1.807) is 6.08 Å². The summed E-state index contributed by atoms with van der Waals surface area (Å²) in [5.74, 6) is 0.940. The first-order valence-corrected chi connectivity index (χ1v) is 9.07. The Morgan fingerprint density at radius 1 is 1.36 bits per heavy atom. The highest BCUT2D eigenvalue weighted by molar-refractivity contribution is 5.88. The van der Waals surface area contributed by atoms with Gasteiger partial charge in [0.05, 0.1) is 5.92 Å². The van der Waals surface area contributed by atoms with E-state index in [0.29, 0.717) is 24.4 Å². The summed E-state index contributed by atoms with van der Waals surface area (Å²) in [6.45, 7) is 9.96. The molecule has 0 bridgehead atoms. The Morgan fingerprint density at radius 2 is 2.24 bits per heavy atom. The molecule has 0 radical (unpaired) electrons. The Kier molecular flexibility index (Phi) is 4.22. The molecular weight excluding hydrogens is 310 g/mol. The highest BCUT2D eigenvalue weighted by Gasteiger charge is 2.43. The quantitative estimate of drug-likeness (QED) is 0.444. The molecule has 2 aliphatic rings. The number of benzene rings is 1. The Bertz CT molecular complexity index is 835. The average molecular weight is 336 g/mol. The number of H-pyrrole nitrogens is 1. The molecule has 3 N–H and O–H groups in total. The molecule has 1 aromatic carbocycles. The molecule has 4 rings (SSSR count). The lowest BCUT2D eigenvalue weighted by Crippen LogP contribution is -2.75. The van der Waals surface area contributed by atoms with Gasteiger partial charge in [0, 0.05) is 42.1 Å². The number of nitrogens with zero attached hydrogens (tertiary/aromatic N) is 1. The lowest BCUT2D eigenvalue weighted by atomic mass is 9.72. The van der Waals surface area contributed by atoms with E-state index in [1.165, 1.54) is 22.0 Å². The van der Waals surface area contributed by atoms with Gasteiger partial charge in [-0.05, 0) is 36.1 Å². The molecule has 1 saturated heterocycles. The van der Waals surface area contributed by atoms with Crippen molar-refractivity contribution >= 4 is 16.8 Å². The van der Waals surface area contributed by atoms with Gasteiger partial charge < -0.3 is 10.1 Å².